The molecule has 0 saturated carbocycles. The van der Waals surface area contributed by atoms with Crippen LogP contribution < -0.4 is 5.32 Å². The molecule has 0 spiro atoms. The van der Waals surface area contributed by atoms with Gasteiger partial charge in [0.25, 0.3) is 0 Å². The largest absolute Gasteiger partial charge is 0.337 e. The molecular weight excluding hydrogens is 296 g/mol. The number of imidazole rings is 1. The summed E-state index contributed by atoms with van der Waals surface area (Å²) in [5, 5.41) is 3.52. The van der Waals surface area contributed by atoms with E-state index in [0.29, 0.717) is 6.04 Å². The molecule has 1 aromatic heterocycles. The van der Waals surface area contributed by atoms with E-state index < -0.39 is 0 Å². The van der Waals surface area contributed by atoms with Crippen LogP contribution in [0.1, 0.15) is 29.8 Å². The van der Waals surface area contributed by atoms with Gasteiger partial charge in [-0.2, -0.15) is 0 Å². The van der Waals surface area contributed by atoms with Crippen molar-refractivity contribution in [1.29, 1.82) is 0 Å². The summed E-state index contributed by atoms with van der Waals surface area (Å²) in [5.41, 5.74) is 4.08. The fourth-order valence-electron chi connectivity index (χ4n) is 2.98. The maximum absolute atomic E-state index is 4.23. The molecule has 0 radical (unpaired) electrons. The molecule has 0 bridgehead atoms. The van der Waals surface area contributed by atoms with Crippen molar-refractivity contribution in [3.05, 3.63) is 53.6 Å². The number of hydrogen-bond donors (Lipinski definition) is 1. The second-order valence-corrected chi connectivity index (χ2v) is 5.78. The Morgan fingerprint density at radius 2 is 2.05 bits per heavy atom. The Labute approximate surface area is 139 Å². The number of benzene rings is 1. The average molecular weight is 321 g/mol. The summed E-state index contributed by atoms with van der Waals surface area (Å²) < 4.78 is 2.11. The Bertz CT molecular complexity index is 579. The average Bonchev–Trinajstić information content (AvgIpc) is 2.93. The molecule has 120 valence electrons. The Balaban J connectivity index is 0.00000176. The number of piperazine rings is 1. The lowest BCUT2D eigenvalue weighted by molar-refractivity contribution is 0.150. The SMILES string of the molecule is CCc1ccc(C2CNCCN2Cc2cncn2C)cc1.Cl. The molecule has 0 aliphatic carbocycles. The van der Waals surface area contributed by atoms with Gasteiger partial charge in [0.05, 0.1) is 12.0 Å². The minimum Gasteiger partial charge on any atom is -0.337 e. The van der Waals surface area contributed by atoms with E-state index in [0.717, 1.165) is 32.6 Å². The molecule has 5 heteroatoms. The fourth-order valence-corrected chi connectivity index (χ4v) is 2.98. The highest BCUT2D eigenvalue weighted by molar-refractivity contribution is 5.85. The van der Waals surface area contributed by atoms with Crippen molar-refractivity contribution < 1.29 is 0 Å². The van der Waals surface area contributed by atoms with E-state index >= 15 is 0 Å². The van der Waals surface area contributed by atoms with Crippen molar-refractivity contribution >= 4 is 12.4 Å². The second-order valence-electron chi connectivity index (χ2n) is 5.78. The third kappa shape index (κ3) is 3.69. The number of aryl methyl sites for hydroxylation is 2. The van der Waals surface area contributed by atoms with Gasteiger partial charge < -0.3 is 9.88 Å². The van der Waals surface area contributed by atoms with Gasteiger partial charge in [0.1, 0.15) is 0 Å². The first kappa shape index (κ1) is 17.0. The highest BCUT2D eigenvalue weighted by atomic mass is 35.5. The molecule has 1 aliphatic heterocycles. The van der Waals surface area contributed by atoms with Crippen LogP contribution in [0.15, 0.2) is 36.8 Å². The fraction of sp³-hybridized carbons (Fsp3) is 0.471. The zero-order valence-electron chi connectivity index (χ0n) is 13.3. The summed E-state index contributed by atoms with van der Waals surface area (Å²) in [7, 11) is 2.07. The molecule has 22 heavy (non-hydrogen) atoms. The zero-order valence-corrected chi connectivity index (χ0v) is 14.1. The van der Waals surface area contributed by atoms with Crippen molar-refractivity contribution in [2.45, 2.75) is 25.9 Å². The first-order valence-electron chi connectivity index (χ1n) is 7.76. The normalized spacial score (nSPS) is 18.9. The van der Waals surface area contributed by atoms with Gasteiger partial charge in [-0.25, -0.2) is 4.98 Å². The van der Waals surface area contributed by atoms with Gasteiger partial charge in [0, 0.05) is 45.5 Å². The third-order valence-corrected chi connectivity index (χ3v) is 4.41. The lowest BCUT2D eigenvalue weighted by Gasteiger charge is -2.36. The highest BCUT2D eigenvalue weighted by Crippen LogP contribution is 2.24. The minimum atomic E-state index is 0. The summed E-state index contributed by atoms with van der Waals surface area (Å²) >= 11 is 0. The van der Waals surface area contributed by atoms with Crippen molar-refractivity contribution in [1.82, 2.24) is 19.8 Å². The van der Waals surface area contributed by atoms with E-state index in [1.54, 1.807) is 0 Å². The predicted octanol–water partition coefficient (Wildman–Crippen LogP) is 2.55. The van der Waals surface area contributed by atoms with Crippen molar-refractivity contribution in [2.24, 2.45) is 7.05 Å². The van der Waals surface area contributed by atoms with E-state index in [1.807, 2.05) is 12.5 Å². The lowest BCUT2D eigenvalue weighted by Crippen LogP contribution is -2.45. The summed E-state index contributed by atoms with van der Waals surface area (Å²) in [6.45, 7) is 6.31. The molecule has 1 unspecified atom stereocenters. The summed E-state index contributed by atoms with van der Waals surface area (Å²) in [6, 6.07) is 9.53. The van der Waals surface area contributed by atoms with Gasteiger partial charge in [-0.1, -0.05) is 31.2 Å². The Hall–Kier alpha value is -1.36. The van der Waals surface area contributed by atoms with Crippen LogP contribution in [0, 0.1) is 0 Å². The minimum absolute atomic E-state index is 0. The van der Waals surface area contributed by atoms with Crippen molar-refractivity contribution in [3.63, 3.8) is 0 Å². The van der Waals surface area contributed by atoms with Crippen LogP contribution in [0.4, 0.5) is 0 Å². The lowest BCUT2D eigenvalue weighted by atomic mass is 10.0. The molecule has 1 N–H and O–H groups in total. The van der Waals surface area contributed by atoms with Gasteiger partial charge in [-0.05, 0) is 17.5 Å². The summed E-state index contributed by atoms with van der Waals surface area (Å²) in [6.07, 6.45) is 4.95. The molecule has 1 aliphatic rings. The van der Waals surface area contributed by atoms with Gasteiger partial charge in [-0.15, -0.1) is 12.4 Å². The molecule has 3 rings (SSSR count). The van der Waals surface area contributed by atoms with Crippen molar-refractivity contribution in [3.8, 4) is 0 Å². The molecule has 1 aromatic carbocycles. The first-order valence-corrected chi connectivity index (χ1v) is 7.76. The number of nitrogens with zero attached hydrogens (tertiary/aromatic N) is 3. The number of rotatable bonds is 4. The molecule has 4 nitrogen and oxygen atoms in total. The quantitative estimate of drug-likeness (QED) is 0.940. The van der Waals surface area contributed by atoms with Gasteiger partial charge in [-0.3, -0.25) is 4.90 Å². The van der Waals surface area contributed by atoms with E-state index in [1.165, 1.54) is 16.8 Å². The van der Waals surface area contributed by atoms with E-state index in [4.69, 9.17) is 0 Å². The molecule has 1 fully saturated rings. The van der Waals surface area contributed by atoms with Gasteiger partial charge in [0.2, 0.25) is 0 Å². The number of nitrogens with one attached hydrogen (secondary N) is 1. The van der Waals surface area contributed by atoms with Crippen LogP contribution in [0.3, 0.4) is 0 Å². The Morgan fingerprint density at radius 1 is 1.27 bits per heavy atom. The smallest absolute Gasteiger partial charge is 0.0945 e. The maximum Gasteiger partial charge on any atom is 0.0945 e. The van der Waals surface area contributed by atoms with Crippen LogP contribution in [-0.4, -0.2) is 34.1 Å². The molecule has 1 saturated heterocycles. The summed E-state index contributed by atoms with van der Waals surface area (Å²) in [4.78, 5) is 6.78. The molecule has 1 atom stereocenters. The van der Waals surface area contributed by atoms with Crippen LogP contribution in [0.5, 0.6) is 0 Å². The monoisotopic (exact) mass is 320 g/mol. The van der Waals surface area contributed by atoms with Crippen LogP contribution in [-0.2, 0) is 20.0 Å². The van der Waals surface area contributed by atoms with Crippen LogP contribution in [0.25, 0.3) is 0 Å². The molecule has 2 heterocycles. The predicted molar refractivity (Wildman–Crippen MR) is 92.3 cm³/mol. The maximum atomic E-state index is 4.23. The number of halogens is 1. The standard InChI is InChI=1S/C17H24N4.ClH/c1-3-14-4-6-15(7-5-14)17-11-18-8-9-21(17)12-16-10-19-13-20(16)2;/h4-7,10,13,17-18H,3,8-9,11-12H2,1-2H3;1H. The number of hydrogen-bond acceptors (Lipinski definition) is 3. The zero-order chi connectivity index (χ0) is 14.7. The molecule has 2 aromatic rings. The van der Waals surface area contributed by atoms with Crippen LogP contribution in [0.2, 0.25) is 0 Å². The molecule has 0 amide bonds. The van der Waals surface area contributed by atoms with Crippen molar-refractivity contribution in [2.75, 3.05) is 19.6 Å². The number of aromatic nitrogens is 2. The van der Waals surface area contributed by atoms with Crippen LogP contribution >= 0.6 is 12.4 Å². The van der Waals surface area contributed by atoms with E-state index in [2.05, 4.69) is 58.0 Å². The molecular formula is C17H25ClN4. The summed E-state index contributed by atoms with van der Waals surface area (Å²) in [5.74, 6) is 0. The third-order valence-electron chi connectivity index (χ3n) is 4.41. The van der Waals surface area contributed by atoms with Gasteiger partial charge in [0.15, 0.2) is 0 Å². The van der Waals surface area contributed by atoms with Gasteiger partial charge >= 0.3 is 0 Å². The first-order chi connectivity index (χ1) is 10.3. The second kappa shape index (κ2) is 7.77. The Kier molecular flexibility index (Phi) is 6.00. The topological polar surface area (TPSA) is 33.1 Å². The highest BCUT2D eigenvalue weighted by Gasteiger charge is 2.24. The Morgan fingerprint density at radius 3 is 2.68 bits per heavy atom. The van der Waals surface area contributed by atoms with E-state index in [9.17, 15) is 0 Å². The van der Waals surface area contributed by atoms with E-state index in [-0.39, 0.29) is 12.4 Å².